The third kappa shape index (κ3) is 1.78. The Morgan fingerprint density at radius 3 is 2.65 bits per heavy atom. The first-order valence-electron chi connectivity index (χ1n) is 6.01. The maximum absolute atomic E-state index is 12.3. The van der Waals surface area contributed by atoms with Crippen LogP contribution in [0.5, 0.6) is 0 Å². The molecule has 0 unspecified atom stereocenters. The lowest BCUT2D eigenvalue weighted by atomic mass is 9.97. The minimum absolute atomic E-state index is 0.0981. The maximum atomic E-state index is 12.3. The molecule has 0 bridgehead atoms. The van der Waals surface area contributed by atoms with Gasteiger partial charge in [-0.2, -0.15) is 0 Å². The molecule has 0 N–H and O–H groups in total. The van der Waals surface area contributed by atoms with E-state index in [4.69, 9.17) is 0 Å². The predicted octanol–water partition coefficient (Wildman–Crippen LogP) is 2.11. The smallest absolute Gasteiger partial charge is 0.261 e. The van der Waals surface area contributed by atoms with E-state index in [9.17, 15) is 4.79 Å². The normalized spacial score (nSPS) is 14.4. The predicted molar refractivity (Wildman–Crippen MR) is 66.5 cm³/mol. The largest absolute Gasteiger partial charge is 0.269 e. The molecule has 86 valence electrons. The Balaban J connectivity index is 2.17. The third-order valence-corrected chi connectivity index (χ3v) is 3.28. The van der Waals surface area contributed by atoms with Crippen LogP contribution in [0.25, 0.3) is 5.69 Å². The topological polar surface area (TPSA) is 34.9 Å². The SMILES string of the molecule is O=c1c2c(ncn1-c1ccccc1)CCCC2. The lowest BCUT2D eigenvalue weighted by Gasteiger charge is -2.15. The third-order valence-electron chi connectivity index (χ3n) is 3.28. The summed E-state index contributed by atoms with van der Waals surface area (Å²) in [6.45, 7) is 0. The van der Waals surface area contributed by atoms with E-state index in [0.717, 1.165) is 42.6 Å². The summed E-state index contributed by atoms with van der Waals surface area (Å²) in [7, 11) is 0. The van der Waals surface area contributed by atoms with Crippen LogP contribution in [0, 0.1) is 0 Å². The Hall–Kier alpha value is -1.90. The summed E-state index contributed by atoms with van der Waals surface area (Å²) in [4.78, 5) is 16.8. The molecule has 0 saturated heterocycles. The molecule has 2 aromatic rings. The van der Waals surface area contributed by atoms with E-state index in [2.05, 4.69) is 4.98 Å². The van der Waals surface area contributed by atoms with Gasteiger partial charge in [-0.1, -0.05) is 18.2 Å². The molecule has 1 aromatic heterocycles. The molecule has 17 heavy (non-hydrogen) atoms. The monoisotopic (exact) mass is 226 g/mol. The zero-order valence-electron chi connectivity index (χ0n) is 9.60. The van der Waals surface area contributed by atoms with Crippen molar-refractivity contribution in [2.24, 2.45) is 0 Å². The fraction of sp³-hybridized carbons (Fsp3) is 0.286. The minimum Gasteiger partial charge on any atom is -0.269 e. The van der Waals surface area contributed by atoms with Crippen molar-refractivity contribution < 1.29 is 0 Å². The van der Waals surface area contributed by atoms with Crippen molar-refractivity contribution >= 4 is 0 Å². The average Bonchev–Trinajstić information content (AvgIpc) is 2.40. The van der Waals surface area contributed by atoms with E-state index in [1.165, 1.54) is 0 Å². The van der Waals surface area contributed by atoms with Crippen molar-refractivity contribution in [2.45, 2.75) is 25.7 Å². The van der Waals surface area contributed by atoms with E-state index >= 15 is 0 Å². The number of nitrogens with zero attached hydrogens (tertiary/aromatic N) is 2. The summed E-state index contributed by atoms with van der Waals surface area (Å²) in [5, 5.41) is 0. The Morgan fingerprint density at radius 2 is 1.82 bits per heavy atom. The molecule has 1 aliphatic carbocycles. The Kier molecular flexibility index (Phi) is 2.52. The Morgan fingerprint density at radius 1 is 1.06 bits per heavy atom. The molecule has 1 aliphatic rings. The van der Waals surface area contributed by atoms with Gasteiger partial charge in [-0.25, -0.2) is 4.98 Å². The number of rotatable bonds is 1. The Bertz CT molecular complexity index is 587. The Labute approximate surface area is 99.8 Å². The summed E-state index contributed by atoms with van der Waals surface area (Å²) < 4.78 is 1.64. The molecule has 0 saturated carbocycles. The van der Waals surface area contributed by atoms with Crippen molar-refractivity contribution in [3.05, 3.63) is 58.3 Å². The first-order valence-corrected chi connectivity index (χ1v) is 6.01. The van der Waals surface area contributed by atoms with Gasteiger partial charge < -0.3 is 0 Å². The van der Waals surface area contributed by atoms with Gasteiger partial charge in [0, 0.05) is 5.56 Å². The van der Waals surface area contributed by atoms with Gasteiger partial charge in [0.1, 0.15) is 6.33 Å². The van der Waals surface area contributed by atoms with Crippen LogP contribution >= 0.6 is 0 Å². The van der Waals surface area contributed by atoms with Gasteiger partial charge in [-0.05, 0) is 37.8 Å². The van der Waals surface area contributed by atoms with E-state index in [1.54, 1.807) is 10.9 Å². The van der Waals surface area contributed by atoms with Crippen LogP contribution in [-0.4, -0.2) is 9.55 Å². The van der Waals surface area contributed by atoms with E-state index in [0.29, 0.717) is 0 Å². The van der Waals surface area contributed by atoms with E-state index in [-0.39, 0.29) is 5.56 Å². The minimum atomic E-state index is 0.0981. The highest BCUT2D eigenvalue weighted by Crippen LogP contribution is 2.16. The molecule has 0 radical (unpaired) electrons. The lowest BCUT2D eigenvalue weighted by molar-refractivity contribution is 0.647. The second-order valence-electron chi connectivity index (χ2n) is 4.39. The van der Waals surface area contributed by atoms with Crippen LogP contribution in [0.2, 0.25) is 0 Å². The second kappa shape index (κ2) is 4.17. The standard InChI is InChI=1S/C14H14N2O/c17-14-12-8-4-5-9-13(12)15-10-16(14)11-6-2-1-3-7-11/h1-3,6-7,10H,4-5,8-9H2. The number of benzene rings is 1. The van der Waals surface area contributed by atoms with Gasteiger partial charge in [0.2, 0.25) is 0 Å². The number of hydrogen-bond donors (Lipinski definition) is 0. The zero-order chi connectivity index (χ0) is 11.7. The van der Waals surface area contributed by atoms with Crippen LogP contribution in [-0.2, 0) is 12.8 Å². The van der Waals surface area contributed by atoms with Crippen LogP contribution < -0.4 is 5.56 Å². The molecule has 0 amide bonds. The number of hydrogen-bond acceptors (Lipinski definition) is 2. The summed E-state index contributed by atoms with van der Waals surface area (Å²) >= 11 is 0. The molecule has 3 heteroatoms. The highest BCUT2D eigenvalue weighted by Gasteiger charge is 2.15. The van der Waals surface area contributed by atoms with Crippen molar-refractivity contribution in [1.82, 2.24) is 9.55 Å². The summed E-state index contributed by atoms with van der Waals surface area (Å²) in [6, 6.07) is 9.67. The second-order valence-corrected chi connectivity index (χ2v) is 4.39. The van der Waals surface area contributed by atoms with E-state index in [1.807, 2.05) is 30.3 Å². The van der Waals surface area contributed by atoms with Crippen molar-refractivity contribution in [3.8, 4) is 5.69 Å². The van der Waals surface area contributed by atoms with Gasteiger partial charge in [0.05, 0.1) is 11.4 Å². The number of aromatic nitrogens is 2. The quantitative estimate of drug-likeness (QED) is 0.746. The van der Waals surface area contributed by atoms with Gasteiger partial charge >= 0.3 is 0 Å². The molecular weight excluding hydrogens is 212 g/mol. The van der Waals surface area contributed by atoms with Crippen LogP contribution in [0.4, 0.5) is 0 Å². The number of fused-ring (bicyclic) bond motifs is 1. The van der Waals surface area contributed by atoms with Gasteiger partial charge in [0.15, 0.2) is 0 Å². The number of para-hydroxylation sites is 1. The molecule has 3 rings (SSSR count). The highest BCUT2D eigenvalue weighted by molar-refractivity contribution is 5.33. The molecule has 0 fully saturated rings. The van der Waals surface area contributed by atoms with E-state index < -0.39 is 0 Å². The molecule has 0 aliphatic heterocycles. The first-order chi connectivity index (χ1) is 8.36. The lowest BCUT2D eigenvalue weighted by Crippen LogP contribution is -2.26. The number of aryl methyl sites for hydroxylation is 1. The zero-order valence-corrected chi connectivity index (χ0v) is 9.60. The molecule has 0 atom stereocenters. The molecule has 1 heterocycles. The fourth-order valence-corrected chi connectivity index (χ4v) is 2.36. The van der Waals surface area contributed by atoms with Gasteiger partial charge in [-0.15, -0.1) is 0 Å². The molecular formula is C14H14N2O. The van der Waals surface area contributed by atoms with Crippen molar-refractivity contribution in [1.29, 1.82) is 0 Å². The maximum Gasteiger partial charge on any atom is 0.261 e. The molecule has 0 spiro atoms. The van der Waals surface area contributed by atoms with Crippen LogP contribution in [0.15, 0.2) is 41.5 Å². The van der Waals surface area contributed by atoms with Crippen LogP contribution in [0.3, 0.4) is 0 Å². The van der Waals surface area contributed by atoms with Crippen molar-refractivity contribution in [2.75, 3.05) is 0 Å². The highest BCUT2D eigenvalue weighted by atomic mass is 16.1. The van der Waals surface area contributed by atoms with Crippen LogP contribution in [0.1, 0.15) is 24.1 Å². The molecule has 1 aromatic carbocycles. The average molecular weight is 226 g/mol. The first kappa shape index (κ1) is 10.3. The fourth-order valence-electron chi connectivity index (χ4n) is 2.36. The van der Waals surface area contributed by atoms with Gasteiger partial charge in [-0.3, -0.25) is 9.36 Å². The summed E-state index contributed by atoms with van der Waals surface area (Å²) in [5.41, 5.74) is 2.88. The summed E-state index contributed by atoms with van der Waals surface area (Å²) in [5.74, 6) is 0. The van der Waals surface area contributed by atoms with Crippen molar-refractivity contribution in [3.63, 3.8) is 0 Å². The summed E-state index contributed by atoms with van der Waals surface area (Å²) in [6.07, 6.45) is 5.72. The van der Waals surface area contributed by atoms with Gasteiger partial charge in [0.25, 0.3) is 5.56 Å². The molecule has 3 nitrogen and oxygen atoms in total.